The average Bonchev–Trinajstić information content (AvgIpc) is 2.96. The third-order valence-corrected chi connectivity index (χ3v) is 3.08. The highest BCUT2D eigenvalue weighted by molar-refractivity contribution is 9.10. The molecular formula is C12H9BrN4O. The monoisotopic (exact) mass is 304 g/mol. The molecule has 5 nitrogen and oxygen atoms in total. The molecule has 1 amide bonds. The van der Waals surface area contributed by atoms with Gasteiger partial charge in [-0.3, -0.25) is 9.89 Å². The molecule has 3 N–H and O–H groups in total. The summed E-state index contributed by atoms with van der Waals surface area (Å²) in [5, 5.41) is 10.1. The van der Waals surface area contributed by atoms with Gasteiger partial charge in [-0.25, -0.2) is 0 Å². The van der Waals surface area contributed by atoms with E-state index in [1.54, 1.807) is 12.4 Å². The highest BCUT2D eigenvalue weighted by atomic mass is 79.9. The molecule has 2 aromatic heterocycles. The van der Waals surface area contributed by atoms with E-state index in [0.29, 0.717) is 11.4 Å². The van der Waals surface area contributed by atoms with E-state index in [1.165, 1.54) is 0 Å². The fourth-order valence-corrected chi connectivity index (χ4v) is 2.12. The number of H-pyrrole nitrogens is 2. The van der Waals surface area contributed by atoms with Crippen LogP contribution < -0.4 is 5.32 Å². The van der Waals surface area contributed by atoms with Crippen LogP contribution in [0.4, 0.5) is 5.69 Å². The molecule has 1 aromatic carbocycles. The van der Waals surface area contributed by atoms with Crippen LogP contribution in [0.5, 0.6) is 0 Å². The Kier molecular flexibility index (Phi) is 2.64. The molecule has 0 aliphatic carbocycles. The van der Waals surface area contributed by atoms with Crippen molar-refractivity contribution < 1.29 is 4.79 Å². The summed E-state index contributed by atoms with van der Waals surface area (Å²) in [7, 11) is 0. The van der Waals surface area contributed by atoms with E-state index >= 15 is 0 Å². The summed E-state index contributed by atoms with van der Waals surface area (Å²) in [5.41, 5.74) is 2.08. The van der Waals surface area contributed by atoms with Crippen LogP contribution in [0.1, 0.15) is 10.5 Å². The largest absolute Gasteiger partial charge is 0.351 e. The lowest BCUT2D eigenvalue weighted by atomic mass is 10.2. The molecule has 0 spiro atoms. The highest BCUT2D eigenvalue weighted by Gasteiger charge is 2.10. The van der Waals surface area contributed by atoms with E-state index in [-0.39, 0.29) is 5.91 Å². The molecule has 90 valence electrons. The normalized spacial score (nSPS) is 10.7. The molecule has 0 atom stereocenters. The topological polar surface area (TPSA) is 73.6 Å². The van der Waals surface area contributed by atoms with Crippen LogP contribution >= 0.6 is 15.9 Å². The Morgan fingerprint density at radius 1 is 1.33 bits per heavy atom. The fourth-order valence-electron chi connectivity index (χ4n) is 1.74. The van der Waals surface area contributed by atoms with Crippen molar-refractivity contribution in [3.8, 4) is 0 Å². The molecule has 0 saturated carbocycles. The maximum absolute atomic E-state index is 12.0. The Morgan fingerprint density at radius 3 is 3.00 bits per heavy atom. The van der Waals surface area contributed by atoms with Crippen LogP contribution in [0.3, 0.4) is 0 Å². The maximum atomic E-state index is 12.0. The van der Waals surface area contributed by atoms with Crippen LogP contribution in [0, 0.1) is 0 Å². The van der Waals surface area contributed by atoms with Gasteiger partial charge >= 0.3 is 0 Å². The van der Waals surface area contributed by atoms with Gasteiger partial charge in [-0.15, -0.1) is 0 Å². The zero-order chi connectivity index (χ0) is 12.5. The Labute approximate surface area is 111 Å². The quantitative estimate of drug-likeness (QED) is 0.681. The third-order valence-electron chi connectivity index (χ3n) is 2.58. The van der Waals surface area contributed by atoms with Crippen molar-refractivity contribution in [3.05, 3.63) is 46.8 Å². The SMILES string of the molecule is O=C(Nc1cn[nH]c1)c1cc2cc(Br)ccc2[nH]1. The van der Waals surface area contributed by atoms with Gasteiger partial charge in [-0.2, -0.15) is 5.10 Å². The van der Waals surface area contributed by atoms with Crippen LogP contribution in [0.15, 0.2) is 41.1 Å². The molecule has 0 unspecified atom stereocenters. The van der Waals surface area contributed by atoms with Gasteiger partial charge in [0.1, 0.15) is 5.69 Å². The van der Waals surface area contributed by atoms with Crippen LogP contribution in [0.2, 0.25) is 0 Å². The number of amides is 1. The number of halogens is 1. The lowest BCUT2D eigenvalue weighted by molar-refractivity contribution is 0.102. The molecule has 0 bridgehead atoms. The minimum Gasteiger partial charge on any atom is -0.351 e. The molecule has 2 heterocycles. The van der Waals surface area contributed by atoms with Crippen LogP contribution in [-0.4, -0.2) is 21.1 Å². The number of nitrogens with zero attached hydrogens (tertiary/aromatic N) is 1. The van der Waals surface area contributed by atoms with Crippen molar-refractivity contribution in [2.75, 3.05) is 5.32 Å². The third kappa shape index (κ3) is 2.02. The number of aromatic nitrogens is 3. The summed E-state index contributed by atoms with van der Waals surface area (Å²) in [5.74, 6) is -0.191. The summed E-state index contributed by atoms with van der Waals surface area (Å²) < 4.78 is 0.982. The fraction of sp³-hybridized carbons (Fsp3) is 0. The Hall–Kier alpha value is -2.08. The molecule has 3 aromatic rings. The van der Waals surface area contributed by atoms with Crippen LogP contribution in [-0.2, 0) is 0 Å². The second kappa shape index (κ2) is 4.30. The van der Waals surface area contributed by atoms with E-state index in [9.17, 15) is 4.79 Å². The molecule has 0 fully saturated rings. The molecule has 3 rings (SSSR count). The number of anilines is 1. The molecule has 0 radical (unpaired) electrons. The predicted molar refractivity (Wildman–Crippen MR) is 72.5 cm³/mol. The number of carbonyl (C=O) groups excluding carboxylic acids is 1. The standard InChI is InChI=1S/C12H9BrN4O/c13-8-1-2-10-7(3-8)4-11(17-10)12(18)16-9-5-14-15-6-9/h1-6,17H,(H,14,15)(H,16,18). The molecular weight excluding hydrogens is 296 g/mol. The summed E-state index contributed by atoms with van der Waals surface area (Å²) in [6.45, 7) is 0. The number of hydrogen-bond acceptors (Lipinski definition) is 2. The number of hydrogen-bond donors (Lipinski definition) is 3. The summed E-state index contributed by atoms with van der Waals surface area (Å²) in [6.07, 6.45) is 3.17. The smallest absolute Gasteiger partial charge is 0.272 e. The first-order valence-electron chi connectivity index (χ1n) is 5.31. The van der Waals surface area contributed by atoms with E-state index in [1.807, 2.05) is 24.3 Å². The van der Waals surface area contributed by atoms with Crippen molar-refractivity contribution in [1.29, 1.82) is 0 Å². The summed E-state index contributed by atoms with van der Waals surface area (Å²) in [4.78, 5) is 15.0. The second-order valence-corrected chi connectivity index (χ2v) is 4.77. The van der Waals surface area contributed by atoms with Gasteiger partial charge in [0.05, 0.1) is 11.9 Å². The summed E-state index contributed by atoms with van der Waals surface area (Å²) >= 11 is 3.40. The molecule has 0 aliphatic heterocycles. The molecule has 0 aliphatic rings. The first-order chi connectivity index (χ1) is 8.72. The predicted octanol–water partition coefficient (Wildman–Crippen LogP) is 2.91. The molecule has 6 heteroatoms. The van der Waals surface area contributed by atoms with E-state index < -0.39 is 0 Å². The number of aromatic amines is 2. The van der Waals surface area contributed by atoms with Gasteiger partial charge in [-0.05, 0) is 24.3 Å². The van der Waals surface area contributed by atoms with Gasteiger partial charge < -0.3 is 10.3 Å². The Balaban J connectivity index is 1.92. The van der Waals surface area contributed by atoms with E-state index in [0.717, 1.165) is 15.4 Å². The number of carbonyl (C=O) groups is 1. The van der Waals surface area contributed by atoms with Crippen molar-refractivity contribution in [2.24, 2.45) is 0 Å². The maximum Gasteiger partial charge on any atom is 0.272 e. The van der Waals surface area contributed by atoms with Gasteiger partial charge in [0.2, 0.25) is 0 Å². The van der Waals surface area contributed by atoms with Gasteiger partial charge in [0.15, 0.2) is 0 Å². The number of nitrogens with one attached hydrogen (secondary N) is 3. The van der Waals surface area contributed by atoms with E-state index in [4.69, 9.17) is 0 Å². The number of benzene rings is 1. The first kappa shape index (κ1) is 11.0. The van der Waals surface area contributed by atoms with Gasteiger partial charge in [0.25, 0.3) is 5.91 Å². The minimum atomic E-state index is -0.191. The second-order valence-electron chi connectivity index (χ2n) is 3.86. The zero-order valence-corrected chi connectivity index (χ0v) is 10.8. The lowest BCUT2D eigenvalue weighted by Gasteiger charge is -1.98. The molecule has 0 saturated heterocycles. The minimum absolute atomic E-state index is 0.191. The van der Waals surface area contributed by atoms with Crippen molar-refractivity contribution in [3.63, 3.8) is 0 Å². The first-order valence-corrected chi connectivity index (χ1v) is 6.10. The summed E-state index contributed by atoms with van der Waals surface area (Å²) in [6, 6.07) is 7.63. The Bertz CT molecular complexity index is 702. The number of fused-ring (bicyclic) bond motifs is 1. The van der Waals surface area contributed by atoms with E-state index in [2.05, 4.69) is 36.4 Å². The van der Waals surface area contributed by atoms with Crippen molar-refractivity contribution in [2.45, 2.75) is 0 Å². The van der Waals surface area contributed by atoms with Gasteiger partial charge in [-0.1, -0.05) is 15.9 Å². The lowest BCUT2D eigenvalue weighted by Crippen LogP contribution is -2.11. The average molecular weight is 305 g/mol. The number of rotatable bonds is 2. The van der Waals surface area contributed by atoms with Crippen molar-refractivity contribution in [1.82, 2.24) is 15.2 Å². The Morgan fingerprint density at radius 2 is 2.22 bits per heavy atom. The van der Waals surface area contributed by atoms with Crippen LogP contribution in [0.25, 0.3) is 10.9 Å². The van der Waals surface area contributed by atoms with Gasteiger partial charge in [0, 0.05) is 21.6 Å². The van der Waals surface area contributed by atoms with Crippen molar-refractivity contribution >= 4 is 38.4 Å². The highest BCUT2D eigenvalue weighted by Crippen LogP contribution is 2.20. The zero-order valence-electron chi connectivity index (χ0n) is 9.20. The molecule has 18 heavy (non-hydrogen) atoms.